The first kappa shape index (κ1) is 15.0. The third-order valence-electron chi connectivity index (χ3n) is 3.09. The fraction of sp³-hybridized carbons (Fsp3) is 0.700. The first-order valence-corrected chi connectivity index (χ1v) is 6.73. The Kier molecular flexibility index (Phi) is 4.14. The molecule has 1 aliphatic rings. The van der Waals surface area contributed by atoms with Crippen LogP contribution >= 0.6 is 11.3 Å². The van der Waals surface area contributed by atoms with Crippen molar-refractivity contribution >= 4 is 22.5 Å². The molecular weight excluding hydrogens is 297 g/mol. The van der Waals surface area contributed by atoms with E-state index in [1.54, 1.807) is 0 Å². The quantitative estimate of drug-likeness (QED) is 0.829. The second kappa shape index (κ2) is 5.52. The molecule has 0 bridgehead atoms. The molecule has 0 spiro atoms. The summed E-state index contributed by atoms with van der Waals surface area (Å²) in [7, 11) is 0. The van der Waals surface area contributed by atoms with E-state index in [-0.39, 0.29) is 28.9 Å². The third-order valence-corrected chi connectivity index (χ3v) is 3.97. The van der Waals surface area contributed by atoms with Crippen molar-refractivity contribution in [2.24, 2.45) is 5.92 Å². The molecule has 20 heavy (non-hydrogen) atoms. The molecule has 2 unspecified atom stereocenters. The number of nitrogens with one attached hydrogen (secondary N) is 1. The molecule has 0 aromatic carbocycles. The van der Waals surface area contributed by atoms with Gasteiger partial charge < -0.3 is 10.0 Å². The minimum absolute atomic E-state index is 0.0948. The molecule has 1 aromatic heterocycles. The molecule has 2 amide bonds. The fourth-order valence-electron chi connectivity index (χ4n) is 1.79. The smallest absolute Gasteiger partial charge is 0.391 e. The maximum Gasteiger partial charge on any atom is 0.445 e. The largest absolute Gasteiger partial charge is 0.445 e. The van der Waals surface area contributed by atoms with Gasteiger partial charge in [0.25, 0.3) is 0 Å². The van der Waals surface area contributed by atoms with Crippen LogP contribution in [0.3, 0.4) is 0 Å². The van der Waals surface area contributed by atoms with Gasteiger partial charge in [0.15, 0.2) is 0 Å². The Morgan fingerprint density at radius 2 is 2.20 bits per heavy atom. The second-order valence-electron chi connectivity index (χ2n) is 4.62. The van der Waals surface area contributed by atoms with Gasteiger partial charge in [-0.15, -0.1) is 10.2 Å². The van der Waals surface area contributed by atoms with Gasteiger partial charge in [-0.3, -0.25) is 5.32 Å². The zero-order valence-corrected chi connectivity index (χ0v) is 11.3. The highest BCUT2D eigenvalue weighted by Gasteiger charge is 2.36. The van der Waals surface area contributed by atoms with Crippen LogP contribution in [0, 0.1) is 5.92 Å². The SMILES string of the molecule is CC1CCN(C(=O)Nc2nnc(C(F)(F)F)s2)CC1O. The number of carbonyl (C=O) groups is 1. The highest BCUT2D eigenvalue weighted by Crippen LogP contribution is 2.33. The summed E-state index contributed by atoms with van der Waals surface area (Å²) < 4.78 is 37.0. The van der Waals surface area contributed by atoms with Gasteiger partial charge in [-0.2, -0.15) is 13.2 Å². The third kappa shape index (κ3) is 3.37. The number of aromatic nitrogens is 2. The van der Waals surface area contributed by atoms with Gasteiger partial charge in [-0.1, -0.05) is 18.3 Å². The van der Waals surface area contributed by atoms with Gasteiger partial charge >= 0.3 is 12.2 Å². The van der Waals surface area contributed by atoms with Crippen molar-refractivity contribution < 1.29 is 23.1 Å². The molecular formula is C10H13F3N4O2S. The number of anilines is 1. The van der Waals surface area contributed by atoms with Crippen molar-refractivity contribution in [2.75, 3.05) is 18.4 Å². The Hall–Kier alpha value is -1.42. The van der Waals surface area contributed by atoms with Gasteiger partial charge in [0.1, 0.15) is 0 Å². The van der Waals surface area contributed by atoms with Gasteiger partial charge in [-0.05, 0) is 12.3 Å². The van der Waals surface area contributed by atoms with E-state index in [4.69, 9.17) is 0 Å². The Balaban J connectivity index is 1.96. The molecule has 1 aromatic rings. The highest BCUT2D eigenvalue weighted by molar-refractivity contribution is 7.15. The Labute approximate surface area is 116 Å². The average Bonchev–Trinajstić information content (AvgIpc) is 2.81. The summed E-state index contributed by atoms with van der Waals surface area (Å²) in [4.78, 5) is 13.2. The fourth-order valence-corrected chi connectivity index (χ4v) is 2.39. The molecule has 1 fully saturated rings. The van der Waals surface area contributed by atoms with Gasteiger partial charge in [0.05, 0.1) is 6.10 Å². The van der Waals surface area contributed by atoms with Crippen molar-refractivity contribution in [3.05, 3.63) is 5.01 Å². The zero-order chi connectivity index (χ0) is 14.9. The molecule has 10 heteroatoms. The van der Waals surface area contributed by atoms with Crippen molar-refractivity contribution in [1.29, 1.82) is 0 Å². The molecule has 2 atom stereocenters. The lowest BCUT2D eigenvalue weighted by molar-refractivity contribution is -0.138. The Morgan fingerprint density at radius 1 is 1.50 bits per heavy atom. The molecule has 0 aliphatic carbocycles. The summed E-state index contributed by atoms with van der Waals surface area (Å²) in [5.74, 6) is 0.0948. The van der Waals surface area contributed by atoms with Crippen LogP contribution in [0.15, 0.2) is 0 Å². The molecule has 1 saturated heterocycles. The van der Waals surface area contributed by atoms with E-state index >= 15 is 0 Å². The first-order valence-electron chi connectivity index (χ1n) is 5.92. The van der Waals surface area contributed by atoms with Gasteiger partial charge in [0, 0.05) is 13.1 Å². The standard InChI is InChI=1S/C10H13F3N4O2S/c1-5-2-3-17(4-6(5)18)9(19)14-8-16-15-7(20-8)10(11,12)13/h5-6,18H,2-4H2,1H3,(H,14,16,19). The average molecular weight is 310 g/mol. The van der Waals surface area contributed by atoms with E-state index in [1.807, 2.05) is 6.92 Å². The van der Waals surface area contributed by atoms with E-state index in [2.05, 4.69) is 15.5 Å². The number of carbonyl (C=O) groups excluding carboxylic acids is 1. The number of alkyl halides is 3. The molecule has 2 rings (SSSR count). The molecule has 2 N–H and O–H groups in total. The van der Waals surface area contributed by atoms with Crippen LogP contribution in [0.1, 0.15) is 18.4 Å². The molecule has 2 heterocycles. The number of piperidine rings is 1. The number of rotatable bonds is 1. The minimum atomic E-state index is -4.57. The summed E-state index contributed by atoms with van der Waals surface area (Å²) in [6.07, 6.45) is -4.56. The number of aliphatic hydroxyl groups is 1. The number of hydrogen-bond donors (Lipinski definition) is 2. The number of urea groups is 1. The van der Waals surface area contributed by atoms with Crippen LogP contribution in [-0.2, 0) is 6.18 Å². The molecule has 0 radical (unpaired) electrons. The van der Waals surface area contributed by atoms with Gasteiger partial charge in [0.2, 0.25) is 10.1 Å². The first-order chi connectivity index (χ1) is 9.27. The molecule has 6 nitrogen and oxygen atoms in total. The summed E-state index contributed by atoms with van der Waals surface area (Å²) >= 11 is 0.265. The summed E-state index contributed by atoms with van der Waals surface area (Å²) in [6.45, 7) is 2.47. The normalized spacial score (nSPS) is 23.8. The monoisotopic (exact) mass is 310 g/mol. The van der Waals surface area contributed by atoms with Crippen LogP contribution < -0.4 is 5.32 Å². The topological polar surface area (TPSA) is 78.4 Å². The Bertz CT molecular complexity index is 493. The van der Waals surface area contributed by atoms with Crippen LogP contribution in [0.4, 0.5) is 23.1 Å². The second-order valence-corrected chi connectivity index (χ2v) is 5.60. The predicted molar refractivity (Wildman–Crippen MR) is 65.3 cm³/mol. The molecule has 0 saturated carbocycles. The maximum absolute atomic E-state index is 12.3. The van der Waals surface area contributed by atoms with Crippen molar-refractivity contribution in [1.82, 2.24) is 15.1 Å². The van der Waals surface area contributed by atoms with E-state index in [0.717, 1.165) is 0 Å². The van der Waals surface area contributed by atoms with Crippen molar-refractivity contribution in [3.63, 3.8) is 0 Å². The van der Waals surface area contributed by atoms with E-state index < -0.39 is 23.3 Å². The van der Waals surface area contributed by atoms with Crippen LogP contribution in [0.25, 0.3) is 0 Å². The number of likely N-dealkylation sites (tertiary alicyclic amines) is 1. The summed E-state index contributed by atoms with van der Waals surface area (Å²) in [5.41, 5.74) is 0. The zero-order valence-electron chi connectivity index (χ0n) is 10.5. The number of aliphatic hydroxyl groups excluding tert-OH is 1. The maximum atomic E-state index is 12.3. The number of β-amino-alcohol motifs (C(OH)–C–C–N with tert-alkyl or cyclic N) is 1. The van der Waals surface area contributed by atoms with Crippen LogP contribution in [0.2, 0.25) is 0 Å². The summed E-state index contributed by atoms with van der Waals surface area (Å²) in [6, 6.07) is -0.583. The molecule has 1 aliphatic heterocycles. The number of nitrogens with zero attached hydrogens (tertiary/aromatic N) is 3. The number of amides is 2. The lowest BCUT2D eigenvalue weighted by Crippen LogP contribution is -2.47. The van der Waals surface area contributed by atoms with Crippen LogP contribution in [0.5, 0.6) is 0 Å². The molecule has 112 valence electrons. The van der Waals surface area contributed by atoms with E-state index in [0.29, 0.717) is 13.0 Å². The lowest BCUT2D eigenvalue weighted by Gasteiger charge is -2.33. The van der Waals surface area contributed by atoms with Gasteiger partial charge in [-0.25, -0.2) is 4.79 Å². The van der Waals surface area contributed by atoms with Crippen LogP contribution in [-0.4, -0.2) is 45.4 Å². The van der Waals surface area contributed by atoms with Crippen molar-refractivity contribution in [3.8, 4) is 0 Å². The summed E-state index contributed by atoms with van der Waals surface area (Å²) in [5, 5.41) is 16.9. The van der Waals surface area contributed by atoms with E-state index in [9.17, 15) is 23.1 Å². The minimum Gasteiger partial charge on any atom is -0.391 e. The van der Waals surface area contributed by atoms with E-state index in [1.165, 1.54) is 4.90 Å². The predicted octanol–water partition coefficient (Wildman–Crippen LogP) is 1.79. The van der Waals surface area contributed by atoms with Crippen molar-refractivity contribution in [2.45, 2.75) is 25.6 Å². The Morgan fingerprint density at radius 3 is 2.75 bits per heavy atom. The number of hydrogen-bond acceptors (Lipinski definition) is 5. The lowest BCUT2D eigenvalue weighted by atomic mass is 9.96. The highest BCUT2D eigenvalue weighted by atomic mass is 32.1. The number of halogens is 3.